The van der Waals surface area contributed by atoms with Gasteiger partial charge in [0.1, 0.15) is 5.82 Å². The number of likely N-dealkylation sites (N-methyl/N-ethyl adjacent to an activating group) is 1. The Balaban J connectivity index is 1.59. The molecule has 2 aliphatic rings. The Morgan fingerprint density at radius 3 is 2.60 bits per heavy atom. The van der Waals surface area contributed by atoms with Gasteiger partial charge in [0.05, 0.1) is 5.92 Å². The lowest BCUT2D eigenvalue weighted by atomic mass is 9.91. The molecule has 0 spiro atoms. The molecule has 4 nitrogen and oxygen atoms in total. The van der Waals surface area contributed by atoms with Crippen molar-refractivity contribution in [1.29, 1.82) is 0 Å². The summed E-state index contributed by atoms with van der Waals surface area (Å²) in [6.45, 7) is 1.62. The predicted molar refractivity (Wildman–Crippen MR) is 115 cm³/mol. The minimum Gasteiger partial charge on any atom is -0.344 e. The molecule has 2 fully saturated rings. The summed E-state index contributed by atoms with van der Waals surface area (Å²) < 4.78 is 13.8. The lowest BCUT2D eigenvalue weighted by Gasteiger charge is -2.26. The Morgan fingerprint density at radius 2 is 1.83 bits per heavy atom. The molecule has 30 heavy (non-hydrogen) atoms. The standard InChI is InChI=1S/C25H29FN2O2/c1-27-13-14-28(25(30)18-7-2-3-8-18)17-21(24(27)29)15-19-9-4-5-12-23(19)20-10-6-11-22(26)16-20/h4-6,9-12,16,18,21H,2-3,7-8,13-15,17H2,1H3/t21-/m1/s1. The summed E-state index contributed by atoms with van der Waals surface area (Å²) in [5.74, 6) is -0.174. The van der Waals surface area contributed by atoms with Crippen LogP contribution in [0.25, 0.3) is 11.1 Å². The Kier molecular flexibility index (Phi) is 6.16. The molecule has 1 aliphatic heterocycles. The Labute approximate surface area is 177 Å². The zero-order valence-corrected chi connectivity index (χ0v) is 17.5. The van der Waals surface area contributed by atoms with E-state index in [2.05, 4.69) is 0 Å². The molecule has 1 saturated heterocycles. The lowest BCUT2D eigenvalue weighted by Crippen LogP contribution is -2.40. The largest absolute Gasteiger partial charge is 0.344 e. The van der Waals surface area contributed by atoms with E-state index in [-0.39, 0.29) is 29.5 Å². The van der Waals surface area contributed by atoms with Gasteiger partial charge in [-0.05, 0) is 48.1 Å². The van der Waals surface area contributed by atoms with Crippen LogP contribution in [0.5, 0.6) is 0 Å². The van der Waals surface area contributed by atoms with Gasteiger partial charge in [-0.3, -0.25) is 9.59 Å². The highest BCUT2D eigenvalue weighted by molar-refractivity contribution is 5.83. The highest BCUT2D eigenvalue weighted by atomic mass is 19.1. The van der Waals surface area contributed by atoms with E-state index in [1.165, 1.54) is 12.1 Å². The highest BCUT2D eigenvalue weighted by Crippen LogP contribution is 2.30. The van der Waals surface area contributed by atoms with E-state index in [4.69, 9.17) is 0 Å². The van der Waals surface area contributed by atoms with E-state index in [1.54, 1.807) is 11.0 Å². The number of nitrogens with zero attached hydrogens (tertiary/aromatic N) is 2. The van der Waals surface area contributed by atoms with E-state index in [0.29, 0.717) is 26.1 Å². The van der Waals surface area contributed by atoms with Crippen molar-refractivity contribution in [3.63, 3.8) is 0 Å². The summed E-state index contributed by atoms with van der Waals surface area (Å²) in [4.78, 5) is 29.8. The minimum absolute atomic E-state index is 0.0748. The minimum atomic E-state index is -0.294. The van der Waals surface area contributed by atoms with E-state index < -0.39 is 0 Å². The summed E-state index contributed by atoms with van der Waals surface area (Å²) in [7, 11) is 1.82. The average molecular weight is 409 g/mol. The number of carbonyl (C=O) groups excluding carboxylic acids is 2. The third-order valence-electron chi connectivity index (χ3n) is 6.51. The van der Waals surface area contributed by atoms with Crippen molar-refractivity contribution < 1.29 is 14.0 Å². The Morgan fingerprint density at radius 1 is 1.07 bits per heavy atom. The normalized spacial score (nSPS) is 20.5. The van der Waals surface area contributed by atoms with Crippen LogP contribution in [0, 0.1) is 17.7 Å². The van der Waals surface area contributed by atoms with E-state index in [9.17, 15) is 14.0 Å². The smallest absolute Gasteiger partial charge is 0.227 e. The van der Waals surface area contributed by atoms with Gasteiger partial charge in [-0.2, -0.15) is 0 Å². The third kappa shape index (κ3) is 4.40. The van der Waals surface area contributed by atoms with Crippen LogP contribution < -0.4 is 0 Å². The fraction of sp³-hybridized carbons (Fsp3) is 0.440. The molecule has 1 saturated carbocycles. The first-order chi connectivity index (χ1) is 14.5. The second-order valence-electron chi connectivity index (χ2n) is 8.59. The molecule has 0 bridgehead atoms. The van der Waals surface area contributed by atoms with Crippen molar-refractivity contribution in [3.05, 3.63) is 59.9 Å². The first-order valence-corrected chi connectivity index (χ1v) is 10.9. The second kappa shape index (κ2) is 8.99. The summed E-state index contributed by atoms with van der Waals surface area (Å²) in [5.41, 5.74) is 2.74. The van der Waals surface area contributed by atoms with Crippen molar-refractivity contribution in [2.24, 2.45) is 11.8 Å². The molecule has 2 amide bonds. The van der Waals surface area contributed by atoms with Gasteiger partial charge in [-0.1, -0.05) is 49.2 Å². The molecule has 2 aromatic rings. The Bertz CT molecular complexity index is 923. The van der Waals surface area contributed by atoms with Crippen LogP contribution in [-0.4, -0.2) is 48.3 Å². The van der Waals surface area contributed by atoms with Crippen LogP contribution in [0.15, 0.2) is 48.5 Å². The molecular weight excluding hydrogens is 379 g/mol. The van der Waals surface area contributed by atoms with Gasteiger partial charge in [-0.25, -0.2) is 4.39 Å². The summed E-state index contributed by atoms with van der Waals surface area (Å²) in [5, 5.41) is 0. The predicted octanol–water partition coefficient (Wildman–Crippen LogP) is 4.14. The fourth-order valence-electron chi connectivity index (χ4n) is 4.81. The van der Waals surface area contributed by atoms with Crippen molar-refractivity contribution in [2.45, 2.75) is 32.1 Å². The second-order valence-corrected chi connectivity index (χ2v) is 8.59. The number of carbonyl (C=O) groups is 2. The molecule has 0 aromatic heterocycles. The molecule has 2 aromatic carbocycles. The summed E-state index contributed by atoms with van der Waals surface area (Å²) in [6, 6.07) is 14.4. The van der Waals surface area contributed by atoms with Crippen LogP contribution in [-0.2, 0) is 16.0 Å². The molecule has 1 aliphatic carbocycles. The van der Waals surface area contributed by atoms with Crippen molar-refractivity contribution in [3.8, 4) is 11.1 Å². The molecule has 0 unspecified atom stereocenters. The maximum absolute atomic E-state index is 13.8. The van der Waals surface area contributed by atoms with Crippen LogP contribution in [0.2, 0.25) is 0 Å². The highest BCUT2D eigenvalue weighted by Gasteiger charge is 2.34. The van der Waals surface area contributed by atoms with Crippen LogP contribution >= 0.6 is 0 Å². The van der Waals surface area contributed by atoms with Crippen LogP contribution in [0.4, 0.5) is 4.39 Å². The van der Waals surface area contributed by atoms with Gasteiger partial charge in [-0.15, -0.1) is 0 Å². The molecular formula is C25H29FN2O2. The summed E-state index contributed by atoms with van der Waals surface area (Å²) in [6.07, 6.45) is 4.70. The topological polar surface area (TPSA) is 40.6 Å². The van der Waals surface area contributed by atoms with Gasteiger partial charge >= 0.3 is 0 Å². The summed E-state index contributed by atoms with van der Waals surface area (Å²) >= 11 is 0. The van der Waals surface area contributed by atoms with Crippen LogP contribution in [0.3, 0.4) is 0 Å². The van der Waals surface area contributed by atoms with Crippen molar-refractivity contribution >= 4 is 11.8 Å². The first kappa shape index (κ1) is 20.6. The molecule has 4 rings (SSSR count). The van der Waals surface area contributed by atoms with Gasteiger partial charge in [0, 0.05) is 32.6 Å². The lowest BCUT2D eigenvalue weighted by molar-refractivity contribution is -0.136. The number of halogens is 1. The van der Waals surface area contributed by atoms with Gasteiger partial charge in [0.25, 0.3) is 0 Å². The Hall–Kier alpha value is -2.69. The SMILES string of the molecule is CN1CCN(C(=O)C2CCCC2)C[C@@H](Cc2ccccc2-c2cccc(F)c2)C1=O. The van der Waals surface area contributed by atoms with Gasteiger partial charge in [0.2, 0.25) is 11.8 Å². The van der Waals surface area contributed by atoms with E-state index >= 15 is 0 Å². The molecule has 1 atom stereocenters. The molecule has 0 N–H and O–H groups in total. The first-order valence-electron chi connectivity index (χ1n) is 10.9. The number of hydrogen-bond donors (Lipinski definition) is 0. The number of benzene rings is 2. The molecule has 158 valence electrons. The quantitative estimate of drug-likeness (QED) is 0.763. The maximum atomic E-state index is 13.8. The average Bonchev–Trinajstić information content (AvgIpc) is 3.25. The molecule has 1 heterocycles. The zero-order chi connectivity index (χ0) is 21.1. The monoisotopic (exact) mass is 408 g/mol. The van der Waals surface area contributed by atoms with Crippen LogP contribution in [0.1, 0.15) is 31.2 Å². The fourth-order valence-corrected chi connectivity index (χ4v) is 4.81. The van der Waals surface area contributed by atoms with Gasteiger partial charge in [0.15, 0.2) is 0 Å². The van der Waals surface area contributed by atoms with E-state index in [1.807, 2.05) is 42.3 Å². The van der Waals surface area contributed by atoms with E-state index in [0.717, 1.165) is 42.4 Å². The number of rotatable bonds is 4. The number of amides is 2. The van der Waals surface area contributed by atoms with Gasteiger partial charge < -0.3 is 9.80 Å². The number of hydrogen-bond acceptors (Lipinski definition) is 2. The molecule has 0 radical (unpaired) electrons. The third-order valence-corrected chi connectivity index (χ3v) is 6.51. The van der Waals surface area contributed by atoms with Crippen molar-refractivity contribution in [2.75, 3.05) is 26.7 Å². The maximum Gasteiger partial charge on any atom is 0.227 e. The molecule has 5 heteroatoms. The zero-order valence-electron chi connectivity index (χ0n) is 17.5. The van der Waals surface area contributed by atoms with Crippen molar-refractivity contribution in [1.82, 2.24) is 9.80 Å².